The Morgan fingerprint density at radius 3 is 2.79 bits per heavy atom. The van der Waals surface area contributed by atoms with Crippen LogP contribution in [0.2, 0.25) is 0 Å². The molecule has 0 spiro atoms. The Hall–Kier alpha value is -3.12. The summed E-state index contributed by atoms with van der Waals surface area (Å²) in [4.78, 5) is 14.8. The lowest BCUT2D eigenvalue weighted by molar-refractivity contribution is 1.19. The molecule has 6 heteroatoms. The molecule has 0 bridgehead atoms. The van der Waals surface area contributed by atoms with Gasteiger partial charge in [-0.3, -0.25) is 10.4 Å². The van der Waals surface area contributed by atoms with Crippen LogP contribution in [0.15, 0.2) is 72.4 Å². The van der Waals surface area contributed by atoms with E-state index in [1.807, 2.05) is 30.3 Å². The minimum absolute atomic E-state index is 0.693. The molecule has 1 N–H and O–H groups in total. The number of aromatic nitrogens is 3. The van der Waals surface area contributed by atoms with E-state index < -0.39 is 0 Å². The average Bonchev–Trinajstić information content (AvgIpc) is 3.09. The molecule has 24 heavy (non-hydrogen) atoms. The largest absolute Gasteiger partial charge is 0.264 e. The van der Waals surface area contributed by atoms with Crippen LogP contribution in [0.4, 0.5) is 5.82 Å². The summed E-state index contributed by atoms with van der Waals surface area (Å²) in [6, 6.07) is 16.2. The number of nitrogens with one attached hydrogen (secondary N) is 1. The Labute approximate surface area is 142 Å². The van der Waals surface area contributed by atoms with Gasteiger partial charge in [-0.1, -0.05) is 36.4 Å². The predicted molar refractivity (Wildman–Crippen MR) is 98.3 cm³/mol. The Kier molecular flexibility index (Phi) is 3.95. The van der Waals surface area contributed by atoms with Crippen LogP contribution in [-0.4, -0.2) is 21.2 Å². The van der Waals surface area contributed by atoms with Crippen molar-refractivity contribution in [2.24, 2.45) is 5.10 Å². The molecule has 0 amide bonds. The van der Waals surface area contributed by atoms with Crippen LogP contribution in [0.25, 0.3) is 20.7 Å². The molecule has 0 aliphatic carbocycles. The molecule has 4 rings (SSSR count). The molecule has 3 heterocycles. The first kappa shape index (κ1) is 14.5. The van der Waals surface area contributed by atoms with Gasteiger partial charge in [-0.15, -0.1) is 11.3 Å². The molecule has 0 saturated carbocycles. The maximum absolute atomic E-state index is 4.36. The zero-order valence-electron chi connectivity index (χ0n) is 12.6. The Morgan fingerprint density at radius 2 is 1.96 bits per heavy atom. The van der Waals surface area contributed by atoms with Gasteiger partial charge in [0.15, 0.2) is 5.82 Å². The number of hydrogen-bond donors (Lipinski definition) is 1. The first-order chi connectivity index (χ1) is 11.9. The fourth-order valence-corrected chi connectivity index (χ4v) is 3.31. The van der Waals surface area contributed by atoms with E-state index in [1.165, 1.54) is 5.56 Å². The van der Waals surface area contributed by atoms with Gasteiger partial charge >= 0.3 is 0 Å². The van der Waals surface area contributed by atoms with Gasteiger partial charge in [-0.2, -0.15) is 5.10 Å². The molecular formula is C18H13N5S. The van der Waals surface area contributed by atoms with E-state index >= 15 is 0 Å². The standard InChI is InChI=1S/C18H13N5S/c1-2-6-14(7-3-1)16-9-15-17(20-12-21-18(15)24-16)23-22-11-13-5-4-8-19-10-13/h1-12H,(H,20,21,23)/b22-11-. The van der Waals surface area contributed by atoms with E-state index in [2.05, 4.69) is 43.7 Å². The number of pyridine rings is 1. The fraction of sp³-hybridized carbons (Fsp3) is 0. The summed E-state index contributed by atoms with van der Waals surface area (Å²) in [5.41, 5.74) is 5.09. The van der Waals surface area contributed by atoms with Crippen molar-refractivity contribution in [2.45, 2.75) is 0 Å². The van der Waals surface area contributed by atoms with Crippen molar-refractivity contribution in [2.75, 3.05) is 5.43 Å². The third-order valence-electron chi connectivity index (χ3n) is 3.46. The van der Waals surface area contributed by atoms with Gasteiger partial charge in [0.25, 0.3) is 0 Å². The molecule has 3 aromatic heterocycles. The van der Waals surface area contributed by atoms with Gasteiger partial charge in [0.2, 0.25) is 0 Å². The average molecular weight is 331 g/mol. The Balaban J connectivity index is 1.64. The fourth-order valence-electron chi connectivity index (χ4n) is 2.31. The summed E-state index contributed by atoms with van der Waals surface area (Å²) in [6.45, 7) is 0. The molecule has 116 valence electrons. The first-order valence-electron chi connectivity index (χ1n) is 7.39. The maximum atomic E-state index is 4.36. The Bertz CT molecular complexity index is 980. The van der Waals surface area contributed by atoms with E-state index in [-0.39, 0.29) is 0 Å². The first-order valence-corrected chi connectivity index (χ1v) is 8.21. The highest BCUT2D eigenvalue weighted by Crippen LogP contribution is 2.34. The van der Waals surface area contributed by atoms with E-state index in [1.54, 1.807) is 36.3 Å². The number of anilines is 1. The predicted octanol–water partition coefficient (Wildman–Crippen LogP) is 4.20. The quantitative estimate of drug-likeness (QED) is 0.450. The SMILES string of the molecule is C(=N/Nc1ncnc2sc(-c3ccccc3)cc12)/c1cccnc1. The van der Waals surface area contributed by atoms with Gasteiger partial charge in [-0.05, 0) is 17.7 Å². The topological polar surface area (TPSA) is 63.1 Å². The van der Waals surface area contributed by atoms with Crippen molar-refractivity contribution < 1.29 is 0 Å². The molecule has 0 aliphatic heterocycles. The van der Waals surface area contributed by atoms with Gasteiger partial charge in [0.1, 0.15) is 11.2 Å². The van der Waals surface area contributed by atoms with Crippen LogP contribution in [-0.2, 0) is 0 Å². The molecule has 0 unspecified atom stereocenters. The van der Waals surface area contributed by atoms with Crippen LogP contribution >= 0.6 is 11.3 Å². The number of nitrogens with zero attached hydrogens (tertiary/aromatic N) is 4. The van der Waals surface area contributed by atoms with Gasteiger partial charge < -0.3 is 0 Å². The van der Waals surface area contributed by atoms with E-state index in [9.17, 15) is 0 Å². The highest BCUT2D eigenvalue weighted by molar-refractivity contribution is 7.21. The summed E-state index contributed by atoms with van der Waals surface area (Å²) in [7, 11) is 0. The molecule has 1 aromatic carbocycles. The van der Waals surface area contributed by atoms with Crippen molar-refractivity contribution in [1.29, 1.82) is 0 Å². The maximum Gasteiger partial charge on any atom is 0.158 e. The highest BCUT2D eigenvalue weighted by atomic mass is 32.1. The number of benzene rings is 1. The van der Waals surface area contributed by atoms with Crippen molar-refractivity contribution in [1.82, 2.24) is 15.0 Å². The summed E-state index contributed by atoms with van der Waals surface area (Å²) < 4.78 is 0. The molecule has 0 saturated heterocycles. The van der Waals surface area contributed by atoms with Crippen LogP contribution in [0.1, 0.15) is 5.56 Å². The number of hydrazone groups is 1. The van der Waals surface area contributed by atoms with Crippen LogP contribution in [0.5, 0.6) is 0 Å². The van der Waals surface area contributed by atoms with E-state index in [0.29, 0.717) is 5.82 Å². The Morgan fingerprint density at radius 1 is 1.04 bits per heavy atom. The summed E-state index contributed by atoms with van der Waals surface area (Å²) in [6.07, 6.45) is 6.75. The number of hydrogen-bond acceptors (Lipinski definition) is 6. The van der Waals surface area contributed by atoms with Crippen molar-refractivity contribution in [3.05, 3.63) is 72.8 Å². The smallest absolute Gasteiger partial charge is 0.158 e. The number of thiophene rings is 1. The summed E-state index contributed by atoms with van der Waals surface area (Å²) in [5.74, 6) is 0.693. The number of rotatable bonds is 4. The molecule has 0 radical (unpaired) electrons. The van der Waals surface area contributed by atoms with E-state index in [4.69, 9.17) is 0 Å². The summed E-state index contributed by atoms with van der Waals surface area (Å²) in [5, 5.41) is 5.21. The lowest BCUT2D eigenvalue weighted by Crippen LogP contribution is -1.94. The monoisotopic (exact) mass is 331 g/mol. The third-order valence-corrected chi connectivity index (χ3v) is 4.55. The zero-order chi connectivity index (χ0) is 16.2. The summed E-state index contributed by atoms with van der Waals surface area (Å²) >= 11 is 1.64. The van der Waals surface area contributed by atoms with Gasteiger partial charge in [-0.25, -0.2) is 9.97 Å². The molecule has 0 aliphatic rings. The lowest BCUT2D eigenvalue weighted by atomic mass is 10.2. The molecule has 4 aromatic rings. The van der Waals surface area contributed by atoms with Crippen LogP contribution in [0.3, 0.4) is 0 Å². The minimum atomic E-state index is 0.693. The second-order valence-corrected chi connectivity index (χ2v) is 6.10. The van der Waals surface area contributed by atoms with Crippen molar-refractivity contribution >= 4 is 33.6 Å². The molecule has 0 atom stereocenters. The minimum Gasteiger partial charge on any atom is -0.264 e. The normalized spacial score (nSPS) is 11.2. The number of fused-ring (bicyclic) bond motifs is 1. The second-order valence-electron chi connectivity index (χ2n) is 5.07. The highest BCUT2D eigenvalue weighted by Gasteiger charge is 2.09. The van der Waals surface area contributed by atoms with Crippen LogP contribution in [0, 0.1) is 0 Å². The van der Waals surface area contributed by atoms with Gasteiger partial charge in [0.05, 0.1) is 11.6 Å². The molecule has 5 nitrogen and oxygen atoms in total. The van der Waals surface area contributed by atoms with Crippen LogP contribution < -0.4 is 5.43 Å². The zero-order valence-corrected chi connectivity index (χ0v) is 13.4. The van der Waals surface area contributed by atoms with Gasteiger partial charge in [0, 0.05) is 22.8 Å². The second kappa shape index (κ2) is 6.55. The molecular weight excluding hydrogens is 318 g/mol. The van der Waals surface area contributed by atoms with E-state index in [0.717, 1.165) is 20.7 Å². The third kappa shape index (κ3) is 3.00. The lowest BCUT2D eigenvalue weighted by Gasteiger charge is -1.99. The molecule has 0 fully saturated rings. The van der Waals surface area contributed by atoms with Crippen molar-refractivity contribution in [3.63, 3.8) is 0 Å². The van der Waals surface area contributed by atoms with Crippen molar-refractivity contribution in [3.8, 4) is 10.4 Å².